The van der Waals surface area contributed by atoms with Crippen molar-refractivity contribution < 1.29 is 41.7 Å². The lowest BCUT2D eigenvalue weighted by Crippen LogP contribution is -2.60. The highest BCUT2D eigenvalue weighted by Gasteiger charge is 2.47. The normalized spacial score (nSPS) is 23.4. The van der Waals surface area contributed by atoms with Crippen LogP contribution in [-0.2, 0) is 29.9 Å². The number of aromatic nitrogens is 3. The SMILES string of the molecule is CCO[C@@H]1[C@@H](OC)[C@H](C)O[C@@H](OC(=O)Nc2ccc(-c3ncn(-c4ccc(C(F)(F)F)cc4)n3)cc2)[C@@H]1OC. The fourth-order valence-electron chi connectivity index (χ4n) is 4.30. The number of alkyl halides is 3. The van der Waals surface area contributed by atoms with Gasteiger partial charge in [-0.05, 0) is 62.4 Å². The maximum Gasteiger partial charge on any atom is 0.416 e. The molecular weight excluding hydrogens is 521 g/mol. The second-order valence-electron chi connectivity index (χ2n) is 8.70. The number of carbonyl (C=O) groups excluding carboxylic acids is 1. The van der Waals surface area contributed by atoms with E-state index in [-0.39, 0.29) is 0 Å². The maximum absolute atomic E-state index is 12.8. The zero-order valence-corrected chi connectivity index (χ0v) is 21.7. The van der Waals surface area contributed by atoms with Gasteiger partial charge in [-0.2, -0.15) is 13.2 Å². The molecule has 0 radical (unpaired) electrons. The molecule has 1 saturated heterocycles. The number of rotatable bonds is 8. The zero-order valence-electron chi connectivity index (χ0n) is 21.7. The summed E-state index contributed by atoms with van der Waals surface area (Å²) in [5.74, 6) is 0.353. The number of halogens is 3. The van der Waals surface area contributed by atoms with Gasteiger partial charge in [0.25, 0.3) is 0 Å². The summed E-state index contributed by atoms with van der Waals surface area (Å²) >= 11 is 0. The molecule has 1 aliphatic heterocycles. The quantitative estimate of drug-likeness (QED) is 0.431. The average molecular weight is 551 g/mol. The highest BCUT2D eigenvalue weighted by atomic mass is 19.4. The van der Waals surface area contributed by atoms with Gasteiger partial charge in [0.2, 0.25) is 6.29 Å². The molecule has 2 heterocycles. The van der Waals surface area contributed by atoms with Gasteiger partial charge in [-0.25, -0.2) is 14.5 Å². The van der Waals surface area contributed by atoms with Crippen LogP contribution < -0.4 is 5.32 Å². The predicted molar refractivity (Wildman–Crippen MR) is 133 cm³/mol. The van der Waals surface area contributed by atoms with E-state index in [1.807, 2.05) is 6.92 Å². The lowest BCUT2D eigenvalue weighted by atomic mass is 9.99. The van der Waals surface area contributed by atoms with E-state index in [1.165, 1.54) is 30.3 Å². The molecule has 39 heavy (non-hydrogen) atoms. The summed E-state index contributed by atoms with van der Waals surface area (Å²) < 4.78 is 67.9. The molecule has 0 bridgehead atoms. The lowest BCUT2D eigenvalue weighted by Gasteiger charge is -2.43. The van der Waals surface area contributed by atoms with Crippen LogP contribution in [0.5, 0.6) is 0 Å². The first kappa shape index (κ1) is 28.5. The van der Waals surface area contributed by atoms with Crippen LogP contribution in [0.1, 0.15) is 19.4 Å². The summed E-state index contributed by atoms with van der Waals surface area (Å²) in [4.78, 5) is 16.9. The number of ether oxygens (including phenoxy) is 5. The van der Waals surface area contributed by atoms with Gasteiger partial charge in [0.15, 0.2) is 5.82 Å². The fourth-order valence-corrected chi connectivity index (χ4v) is 4.30. The summed E-state index contributed by atoms with van der Waals surface area (Å²) in [7, 11) is 3.03. The molecule has 0 unspecified atom stereocenters. The van der Waals surface area contributed by atoms with Gasteiger partial charge < -0.3 is 23.7 Å². The minimum Gasteiger partial charge on any atom is -0.416 e. The molecule has 4 rings (SSSR count). The molecule has 1 amide bonds. The maximum atomic E-state index is 12.8. The van der Waals surface area contributed by atoms with Gasteiger partial charge in [0.1, 0.15) is 24.6 Å². The van der Waals surface area contributed by atoms with E-state index in [4.69, 9.17) is 23.7 Å². The van der Waals surface area contributed by atoms with E-state index in [9.17, 15) is 18.0 Å². The summed E-state index contributed by atoms with van der Waals surface area (Å²) in [6.07, 6.45) is -6.80. The fraction of sp³-hybridized carbons (Fsp3) is 0.423. The largest absolute Gasteiger partial charge is 0.416 e. The first-order valence-corrected chi connectivity index (χ1v) is 12.1. The van der Waals surface area contributed by atoms with Crippen molar-refractivity contribution >= 4 is 11.8 Å². The van der Waals surface area contributed by atoms with Gasteiger partial charge in [-0.1, -0.05) is 0 Å². The van der Waals surface area contributed by atoms with Crippen LogP contribution in [0.2, 0.25) is 0 Å². The molecule has 13 heteroatoms. The number of hydrogen-bond acceptors (Lipinski definition) is 8. The number of carbonyl (C=O) groups is 1. The van der Waals surface area contributed by atoms with Gasteiger partial charge in [-0.15, -0.1) is 5.10 Å². The molecule has 0 spiro atoms. The van der Waals surface area contributed by atoms with E-state index in [0.717, 1.165) is 12.1 Å². The number of nitrogens with one attached hydrogen (secondary N) is 1. The predicted octanol–water partition coefficient (Wildman–Crippen LogP) is 4.68. The number of hydrogen-bond donors (Lipinski definition) is 1. The van der Waals surface area contributed by atoms with Crippen molar-refractivity contribution in [3.63, 3.8) is 0 Å². The Bertz CT molecular complexity index is 1240. The Morgan fingerprint density at radius 3 is 2.28 bits per heavy atom. The third kappa shape index (κ3) is 6.56. The minimum atomic E-state index is -4.42. The first-order chi connectivity index (χ1) is 18.6. The molecule has 5 atom stereocenters. The number of benzene rings is 2. The minimum absolute atomic E-state index is 0.353. The number of nitrogens with zero attached hydrogens (tertiary/aromatic N) is 3. The van der Waals surface area contributed by atoms with Crippen molar-refractivity contribution in [1.82, 2.24) is 14.8 Å². The first-order valence-electron chi connectivity index (χ1n) is 12.1. The molecule has 2 aromatic carbocycles. The summed E-state index contributed by atoms with van der Waals surface area (Å²) in [5, 5.41) is 6.97. The Kier molecular flexibility index (Phi) is 8.85. The van der Waals surface area contributed by atoms with E-state index < -0.39 is 48.5 Å². The molecule has 0 aliphatic carbocycles. The Hall–Kier alpha value is -3.52. The van der Waals surface area contributed by atoms with Crippen LogP contribution in [0.15, 0.2) is 54.9 Å². The van der Waals surface area contributed by atoms with E-state index in [0.29, 0.717) is 29.4 Å². The van der Waals surface area contributed by atoms with Crippen LogP contribution in [0.3, 0.4) is 0 Å². The summed E-state index contributed by atoms with van der Waals surface area (Å²) in [6.45, 7) is 4.06. The monoisotopic (exact) mass is 550 g/mol. The summed E-state index contributed by atoms with van der Waals surface area (Å²) in [6, 6.07) is 11.2. The van der Waals surface area contributed by atoms with Gasteiger partial charge in [-0.3, -0.25) is 5.32 Å². The smallest absolute Gasteiger partial charge is 0.416 e. The zero-order chi connectivity index (χ0) is 28.2. The third-order valence-corrected chi connectivity index (χ3v) is 6.19. The molecule has 1 fully saturated rings. The molecule has 10 nitrogen and oxygen atoms in total. The second-order valence-corrected chi connectivity index (χ2v) is 8.70. The highest BCUT2D eigenvalue weighted by Crippen LogP contribution is 2.30. The molecular formula is C26H29F3N4O6. The van der Waals surface area contributed by atoms with Crippen LogP contribution in [0, 0.1) is 0 Å². The van der Waals surface area contributed by atoms with E-state index >= 15 is 0 Å². The molecule has 1 aromatic heterocycles. The molecule has 1 N–H and O–H groups in total. The van der Waals surface area contributed by atoms with Crippen LogP contribution >= 0.6 is 0 Å². The van der Waals surface area contributed by atoms with Crippen molar-refractivity contribution in [1.29, 1.82) is 0 Å². The highest BCUT2D eigenvalue weighted by molar-refractivity contribution is 5.85. The molecule has 3 aromatic rings. The second kappa shape index (κ2) is 12.1. The van der Waals surface area contributed by atoms with Crippen LogP contribution in [0.4, 0.5) is 23.7 Å². The molecule has 210 valence electrons. The Labute approximate surface area is 223 Å². The average Bonchev–Trinajstić information content (AvgIpc) is 3.39. The number of methoxy groups -OCH3 is 2. The number of anilines is 1. The topological polar surface area (TPSA) is 106 Å². The van der Waals surface area contributed by atoms with Crippen LogP contribution in [-0.4, -0.2) is 72.4 Å². The number of amides is 1. The molecule has 0 saturated carbocycles. The van der Waals surface area contributed by atoms with Crippen molar-refractivity contribution in [2.24, 2.45) is 0 Å². The van der Waals surface area contributed by atoms with Crippen molar-refractivity contribution in [3.05, 3.63) is 60.4 Å². The van der Waals surface area contributed by atoms with Crippen molar-refractivity contribution in [2.45, 2.75) is 50.7 Å². The molecule has 1 aliphatic rings. The van der Waals surface area contributed by atoms with Gasteiger partial charge >= 0.3 is 12.3 Å². The Balaban J connectivity index is 1.39. The Morgan fingerprint density at radius 2 is 1.69 bits per heavy atom. The lowest BCUT2D eigenvalue weighted by molar-refractivity contribution is -0.292. The summed E-state index contributed by atoms with van der Waals surface area (Å²) in [5.41, 5.74) is 0.761. The van der Waals surface area contributed by atoms with Gasteiger partial charge in [0.05, 0.1) is 17.4 Å². The Morgan fingerprint density at radius 1 is 1.03 bits per heavy atom. The van der Waals surface area contributed by atoms with Gasteiger partial charge in [0, 0.05) is 32.1 Å². The standard InChI is InChI=1S/C26H29F3N4O6/c1-5-37-21-20(35-3)15(2)38-24(22(21)36-4)39-25(34)31-18-10-6-16(7-11-18)23-30-14-33(32-23)19-12-8-17(9-13-19)26(27,28)29/h6-15,20-22,24H,5H2,1-4H3,(H,31,34)/t15-,20-,21+,22+,24-/m0/s1. The third-order valence-electron chi connectivity index (χ3n) is 6.19. The van der Waals surface area contributed by atoms with E-state index in [2.05, 4.69) is 15.4 Å². The van der Waals surface area contributed by atoms with Crippen LogP contribution in [0.25, 0.3) is 17.1 Å². The van der Waals surface area contributed by atoms with E-state index in [1.54, 1.807) is 38.3 Å². The van der Waals surface area contributed by atoms with Crippen molar-refractivity contribution in [3.8, 4) is 17.1 Å². The van der Waals surface area contributed by atoms with Crippen molar-refractivity contribution in [2.75, 3.05) is 26.1 Å².